The molecule has 0 saturated carbocycles. The summed E-state index contributed by atoms with van der Waals surface area (Å²) in [4.78, 5) is 25.2. The molecule has 0 aliphatic rings. The molecule has 0 aliphatic heterocycles. The number of pyridine rings is 1. The molecule has 6 nitrogen and oxygen atoms in total. The van der Waals surface area contributed by atoms with Crippen molar-refractivity contribution in [3.8, 4) is 5.88 Å². The van der Waals surface area contributed by atoms with Crippen LogP contribution in [-0.2, 0) is 0 Å². The van der Waals surface area contributed by atoms with Gasteiger partial charge in [-0.1, -0.05) is 11.6 Å². The Morgan fingerprint density at radius 3 is 2.83 bits per heavy atom. The highest BCUT2D eigenvalue weighted by Gasteiger charge is 2.20. The van der Waals surface area contributed by atoms with Gasteiger partial charge < -0.3 is 9.30 Å². The number of carbonyl (C=O) groups is 1. The van der Waals surface area contributed by atoms with Crippen molar-refractivity contribution >= 4 is 28.4 Å². The molecule has 0 radical (unpaired) electrons. The third-order valence-electron chi connectivity index (χ3n) is 3.54. The van der Waals surface area contributed by atoms with E-state index < -0.39 is 0 Å². The van der Waals surface area contributed by atoms with E-state index in [-0.39, 0.29) is 17.0 Å². The maximum absolute atomic E-state index is 12.9. The molecule has 0 atom stereocenters. The maximum Gasteiger partial charge on any atom is 0.215 e. The highest BCUT2D eigenvalue weighted by atomic mass is 35.5. The van der Waals surface area contributed by atoms with Crippen LogP contribution in [0.1, 0.15) is 35.8 Å². The molecule has 0 fully saturated rings. The summed E-state index contributed by atoms with van der Waals surface area (Å²) < 4.78 is 7.02. The number of methoxy groups -OCH3 is 1. The molecule has 0 bridgehead atoms. The number of ketones is 1. The van der Waals surface area contributed by atoms with Crippen molar-refractivity contribution < 1.29 is 9.53 Å². The lowest BCUT2D eigenvalue weighted by Gasteiger charge is -2.07. The summed E-state index contributed by atoms with van der Waals surface area (Å²) in [5.74, 6) is 0.122. The van der Waals surface area contributed by atoms with E-state index >= 15 is 0 Å². The molecule has 3 aromatic heterocycles. The first-order valence-corrected chi connectivity index (χ1v) is 7.46. The Bertz CT molecular complexity index is 889. The van der Waals surface area contributed by atoms with Crippen LogP contribution < -0.4 is 4.74 Å². The minimum absolute atomic E-state index is 0.171. The standard InChI is InChI=1S/C16H15ClN4O2/c1-9(2)21-7-12(11-6-18-8-19-16(11)21)15(22)10-4-13(17)20-14(5-10)23-3/h4-9H,1-3H3. The summed E-state index contributed by atoms with van der Waals surface area (Å²) in [7, 11) is 1.48. The van der Waals surface area contributed by atoms with E-state index in [1.54, 1.807) is 18.5 Å². The van der Waals surface area contributed by atoms with Gasteiger partial charge in [0.25, 0.3) is 0 Å². The number of hydrogen-bond donors (Lipinski definition) is 0. The minimum Gasteiger partial charge on any atom is -0.481 e. The van der Waals surface area contributed by atoms with E-state index in [4.69, 9.17) is 16.3 Å². The molecule has 7 heteroatoms. The van der Waals surface area contributed by atoms with Crippen molar-refractivity contribution in [3.05, 3.63) is 47.1 Å². The second-order valence-corrected chi connectivity index (χ2v) is 5.74. The fourth-order valence-electron chi connectivity index (χ4n) is 2.43. The van der Waals surface area contributed by atoms with Gasteiger partial charge in [-0.25, -0.2) is 15.0 Å². The van der Waals surface area contributed by atoms with Crippen molar-refractivity contribution in [3.63, 3.8) is 0 Å². The van der Waals surface area contributed by atoms with E-state index in [1.807, 2.05) is 18.4 Å². The monoisotopic (exact) mass is 330 g/mol. The lowest BCUT2D eigenvalue weighted by molar-refractivity contribution is 0.103. The Kier molecular flexibility index (Phi) is 4.00. The summed E-state index contributed by atoms with van der Waals surface area (Å²) in [6.07, 6.45) is 4.92. The SMILES string of the molecule is COc1cc(C(=O)c2cn(C(C)C)c3ncncc23)cc(Cl)n1. The Morgan fingerprint density at radius 2 is 2.13 bits per heavy atom. The van der Waals surface area contributed by atoms with E-state index in [9.17, 15) is 4.79 Å². The first-order chi connectivity index (χ1) is 11.0. The molecule has 0 aliphatic carbocycles. The average molecular weight is 331 g/mol. The van der Waals surface area contributed by atoms with Gasteiger partial charge in [0.05, 0.1) is 12.7 Å². The summed E-state index contributed by atoms with van der Waals surface area (Å²) >= 11 is 5.96. The molecule has 0 amide bonds. The van der Waals surface area contributed by atoms with Gasteiger partial charge in [-0.2, -0.15) is 0 Å². The largest absolute Gasteiger partial charge is 0.481 e. The van der Waals surface area contributed by atoms with E-state index in [0.717, 1.165) is 5.65 Å². The van der Waals surface area contributed by atoms with Gasteiger partial charge in [0, 0.05) is 35.5 Å². The van der Waals surface area contributed by atoms with Crippen molar-refractivity contribution in [2.24, 2.45) is 0 Å². The topological polar surface area (TPSA) is 69.9 Å². The van der Waals surface area contributed by atoms with Crippen LogP contribution >= 0.6 is 11.6 Å². The smallest absolute Gasteiger partial charge is 0.215 e. The quantitative estimate of drug-likeness (QED) is 0.542. The number of nitrogens with zero attached hydrogens (tertiary/aromatic N) is 4. The van der Waals surface area contributed by atoms with Gasteiger partial charge in [-0.3, -0.25) is 4.79 Å². The van der Waals surface area contributed by atoms with Gasteiger partial charge >= 0.3 is 0 Å². The van der Waals surface area contributed by atoms with Crippen LogP contribution in [0.25, 0.3) is 11.0 Å². The average Bonchev–Trinajstić information content (AvgIpc) is 2.93. The summed E-state index contributed by atoms with van der Waals surface area (Å²) in [6.45, 7) is 4.06. The zero-order valence-electron chi connectivity index (χ0n) is 12.9. The van der Waals surface area contributed by atoms with Gasteiger partial charge in [-0.15, -0.1) is 0 Å². The number of aromatic nitrogens is 4. The zero-order valence-corrected chi connectivity index (χ0v) is 13.7. The maximum atomic E-state index is 12.9. The van der Waals surface area contributed by atoms with Gasteiger partial charge in [-0.05, 0) is 19.9 Å². The van der Waals surface area contributed by atoms with Gasteiger partial charge in [0.15, 0.2) is 5.78 Å². The molecule has 118 valence electrons. The zero-order chi connectivity index (χ0) is 16.6. The molecule has 0 unspecified atom stereocenters. The van der Waals surface area contributed by atoms with E-state index in [0.29, 0.717) is 22.4 Å². The molecule has 0 aromatic carbocycles. The second-order valence-electron chi connectivity index (χ2n) is 5.35. The minimum atomic E-state index is -0.174. The molecule has 3 rings (SSSR count). The van der Waals surface area contributed by atoms with Crippen LogP contribution in [0.3, 0.4) is 0 Å². The van der Waals surface area contributed by atoms with E-state index in [2.05, 4.69) is 15.0 Å². The van der Waals surface area contributed by atoms with Crippen molar-refractivity contribution in [2.45, 2.75) is 19.9 Å². The summed E-state index contributed by atoms with van der Waals surface area (Å²) in [5, 5.41) is 0.912. The van der Waals surface area contributed by atoms with Crippen LogP contribution in [0.4, 0.5) is 0 Å². The fraction of sp³-hybridized carbons (Fsp3) is 0.250. The highest BCUT2D eigenvalue weighted by molar-refractivity contribution is 6.30. The van der Waals surface area contributed by atoms with Crippen LogP contribution in [0.5, 0.6) is 5.88 Å². The third-order valence-corrected chi connectivity index (χ3v) is 3.73. The molecule has 3 aromatic rings. The summed E-state index contributed by atoms with van der Waals surface area (Å²) in [5.41, 5.74) is 1.66. The number of carbonyl (C=O) groups excluding carboxylic acids is 1. The number of rotatable bonds is 4. The number of ether oxygens (including phenoxy) is 1. The van der Waals surface area contributed by atoms with Crippen LogP contribution in [0.15, 0.2) is 30.9 Å². The van der Waals surface area contributed by atoms with Gasteiger partial charge in [0.1, 0.15) is 17.1 Å². The summed E-state index contributed by atoms with van der Waals surface area (Å²) in [6, 6.07) is 3.26. The molecular formula is C16H15ClN4O2. The second kappa shape index (κ2) is 5.96. The van der Waals surface area contributed by atoms with Crippen LogP contribution in [0.2, 0.25) is 5.15 Å². The van der Waals surface area contributed by atoms with Gasteiger partial charge in [0.2, 0.25) is 5.88 Å². The Hall–Kier alpha value is -2.47. The number of halogens is 1. The fourth-order valence-corrected chi connectivity index (χ4v) is 2.63. The Labute approximate surface area is 138 Å². The van der Waals surface area contributed by atoms with Crippen molar-refractivity contribution in [1.29, 1.82) is 0 Å². The first kappa shape index (κ1) is 15.4. The van der Waals surface area contributed by atoms with Crippen LogP contribution in [0, 0.1) is 0 Å². The molecule has 0 saturated heterocycles. The predicted molar refractivity (Wildman–Crippen MR) is 87.1 cm³/mol. The molecule has 23 heavy (non-hydrogen) atoms. The lowest BCUT2D eigenvalue weighted by Crippen LogP contribution is -2.03. The Morgan fingerprint density at radius 1 is 1.35 bits per heavy atom. The molecule has 3 heterocycles. The molecule has 0 N–H and O–H groups in total. The van der Waals surface area contributed by atoms with E-state index in [1.165, 1.54) is 19.5 Å². The number of fused-ring (bicyclic) bond motifs is 1. The first-order valence-electron chi connectivity index (χ1n) is 7.08. The molecule has 0 spiro atoms. The predicted octanol–water partition coefficient (Wildman–Crippen LogP) is 3.30. The van der Waals surface area contributed by atoms with Crippen molar-refractivity contribution in [2.75, 3.05) is 7.11 Å². The normalized spacial score (nSPS) is 11.2. The van der Waals surface area contributed by atoms with Crippen LogP contribution in [-0.4, -0.2) is 32.4 Å². The molecular weight excluding hydrogens is 316 g/mol. The van der Waals surface area contributed by atoms with Crippen molar-refractivity contribution in [1.82, 2.24) is 19.5 Å². The lowest BCUT2D eigenvalue weighted by atomic mass is 10.1. The number of hydrogen-bond acceptors (Lipinski definition) is 5. The highest BCUT2D eigenvalue weighted by Crippen LogP contribution is 2.26. The third kappa shape index (κ3) is 2.77. The Balaban J connectivity index is 2.17.